The van der Waals surface area contributed by atoms with Gasteiger partial charge in [0.25, 0.3) is 0 Å². The van der Waals surface area contributed by atoms with Crippen molar-refractivity contribution in [2.45, 2.75) is 6.18 Å². The summed E-state index contributed by atoms with van der Waals surface area (Å²) < 4.78 is 36.8. The van der Waals surface area contributed by atoms with E-state index in [-0.39, 0.29) is 24.8 Å². The molecule has 1 aliphatic heterocycles. The van der Waals surface area contributed by atoms with Crippen LogP contribution in [0.1, 0.15) is 5.56 Å². The summed E-state index contributed by atoms with van der Waals surface area (Å²) in [5.74, 6) is 0.356. The van der Waals surface area contributed by atoms with Gasteiger partial charge in [-0.1, -0.05) is 0 Å². The zero-order valence-electron chi connectivity index (χ0n) is 9.28. The minimum Gasteiger partial charge on any atom is -0.338 e. The van der Waals surface area contributed by atoms with E-state index in [9.17, 15) is 13.2 Å². The Labute approximate surface area is 115 Å². The number of hydrogen-bond donors (Lipinski definition) is 1. The molecule has 0 saturated carbocycles. The second-order valence-corrected chi connectivity index (χ2v) is 3.51. The molecule has 0 amide bonds. The van der Waals surface area contributed by atoms with Crippen molar-refractivity contribution in [2.24, 2.45) is 0 Å². The highest BCUT2D eigenvalue weighted by atomic mass is 35.5. The molecular formula is C9H13Cl2F3N4. The fraction of sp³-hybridized carbons (Fsp3) is 0.556. The maximum Gasteiger partial charge on any atom is 0.419 e. The van der Waals surface area contributed by atoms with Gasteiger partial charge in [-0.05, 0) is 0 Å². The van der Waals surface area contributed by atoms with Gasteiger partial charge in [-0.2, -0.15) is 13.2 Å². The molecule has 4 nitrogen and oxygen atoms in total. The zero-order valence-corrected chi connectivity index (χ0v) is 10.9. The molecule has 0 atom stereocenters. The van der Waals surface area contributed by atoms with Crippen molar-refractivity contribution in [3.63, 3.8) is 0 Å². The summed E-state index contributed by atoms with van der Waals surface area (Å²) in [7, 11) is 0. The molecule has 0 aliphatic carbocycles. The highest BCUT2D eigenvalue weighted by molar-refractivity contribution is 5.85. The molecule has 104 valence electrons. The molecular weight excluding hydrogens is 292 g/mol. The van der Waals surface area contributed by atoms with E-state index in [1.54, 1.807) is 0 Å². The van der Waals surface area contributed by atoms with E-state index in [1.165, 1.54) is 0 Å². The summed E-state index contributed by atoms with van der Waals surface area (Å²) in [6.45, 7) is 3.02. The summed E-state index contributed by atoms with van der Waals surface area (Å²) in [5.41, 5.74) is -0.814. The van der Waals surface area contributed by atoms with E-state index in [0.29, 0.717) is 19.0 Å². The number of alkyl halides is 3. The van der Waals surface area contributed by atoms with Crippen molar-refractivity contribution < 1.29 is 13.2 Å². The molecule has 9 heteroatoms. The Bertz CT molecular complexity index is 352. The molecule has 2 heterocycles. The lowest BCUT2D eigenvalue weighted by Gasteiger charge is -2.27. The number of nitrogens with zero attached hydrogens (tertiary/aromatic N) is 3. The number of halogens is 5. The number of aromatic nitrogens is 2. The van der Waals surface area contributed by atoms with Crippen molar-refractivity contribution >= 4 is 30.8 Å². The van der Waals surface area contributed by atoms with E-state index in [4.69, 9.17) is 0 Å². The van der Waals surface area contributed by atoms with Gasteiger partial charge in [0, 0.05) is 38.6 Å². The van der Waals surface area contributed by atoms with Gasteiger partial charge in [0.1, 0.15) is 0 Å². The van der Waals surface area contributed by atoms with Gasteiger partial charge < -0.3 is 10.2 Å². The molecule has 0 spiro atoms. The fourth-order valence-electron chi connectivity index (χ4n) is 1.50. The van der Waals surface area contributed by atoms with Gasteiger partial charge in [0.05, 0.1) is 5.56 Å². The van der Waals surface area contributed by atoms with Crippen LogP contribution < -0.4 is 10.2 Å². The van der Waals surface area contributed by atoms with Gasteiger partial charge >= 0.3 is 6.18 Å². The number of anilines is 1. The minimum atomic E-state index is -4.37. The third kappa shape index (κ3) is 4.15. The quantitative estimate of drug-likeness (QED) is 0.858. The van der Waals surface area contributed by atoms with Crippen LogP contribution in [0.5, 0.6) is 0 Å². The summed E-state index contributed by atoms with van der Waals surface area (Å²) >= 11 is 0. The number of rotatable bonds is 1. The Balaban J connectivity index is 0.00000144. The molecule has 2 rings (SSSR count). The molecule has 0 radical (unpaired) electrons. The SMILES string of the molecule is Cl.Cl.FC(F)(F)c1cnc(N2CCNCC2)nc1. The van der Waals surface area contributed by atoms with Crippen LogP contribution in [0.2, 0.25) is 0 Å². The Hall–Kier alpha value is -0.790. The van der Waals surface area contributed by atoms with Gasteiger partial charge in [-0.15, -0.1) is 24.8 Å². The Morgan fingerprint density at radius 2 is 1.56 bits per heavy atom. The molecule has 1 N–H and O–H groups in total. The third-order valence-corrected chi connectivity index (χ3v) is 2.37. The maximum atomic E-state index is 12.3. The molecule has 1 fully saturated rings. The summed E-state index contributed by atoms with van der Waals surface area (Å²) in [6.07, 6.45) is -2.73. The largest absolute Gasteiger partial charge is 0.419 e. The van der Waals surface area contributed by atoms with Crippen molar-refractivity contribution in [1.82, 2.24) is 15.3 Å². The van der Waals surface area contributed by atoms with E-state index in [0.717, 1.165) is 25.5 Å². The summed E-state index contributed by atoms with van der Waals surface area (Å²) in [4.78, 5) is 9.33. The van der Waals surface area contributed by atoms with Crippen molar-refractivity contribution in [3.05, 3.63) is 18.0 Å². The van der Waals surface area contributed by atoms with Gasteiger partial charge in [-0.3, -0.25) is 0 Å². The smallest absolute Gasteiger partial charge is 0.338 e. The number of piperazine rings is 1. The van der Waals surface area contributed by atoms with Crippen LogP contribution in [0.15, 0.2) is 12.4 Å². The minimum absolute atomic E-state index is 0. The maximum absolute atomic E-state index is 12.3. The van der Waals surface area contributed by atoms with Crippen LogP contribution in [-0.4, -0.2) is 36.1 Å². The van der Waals surface area contributed by atoms with E-state index in [2.05, 4.69) is 15.3 Å². The van der Waals surface area contributed by atoms with Gasteiger partial charge in [0.2, 0.25) is 5.95 Å². The normalized spacial score (nSPS) is 15.6. The standard InChI is InChI=1S/C9H11F3N4.2ClH/c10-9(11,12)7-5-14-8(15-6-7)16-3-1-13-2-4-16;;/h5-6,13H,1-4H2;2*1H. The molecule has 1 aromatic rings. The first kappa shape index (κ1) is 17.2. The average Bonchev–Trinajstić information content (AvgIpc) is 2.29. The second kappa shape index (κ2) is 6.96. The lowest BCUT2D eigenvalue weighted by atomic mass is 10.3. The monoisotopic (exact) mass is 304 g/mol. The third-order valence-electron chi connectivity index (χ3n) is 2.37. The first-order valence-electron chi connectivity index (χ1n) is 4.92. The fourth-order valence-corrected chi connectivity index (χ4v) is 1.50. The van der Waals surface area contributed by atoms with Crippen LogP contribution in [0.25, 0.3) is 0 Å². The van der Waals surface area contributed by atoms with Gasteiger partial charge in [0.15, 0.2) is 0 Å². The number of hydrogen-bond acceptors (Lipinski definition) is 4. The van der Waals surface area contributed by atoms with E-state index in [1.807, 2.05) is 4.90 Å². The van der Waals surface area contributed by atoms with E-state index < -0.39 is 11.7 Å². The molecule has 1 aromatic heterocycles. The molecule has 18 heavy (non-hydrogen) atoms. The molecule has 0 unspecified atom stereocenters. The first-order valence-corrected chi connectivity index (χ1v) is 4.92. The average molecular weight is 305 g/mol. The highest BCUT2D eigenvalue weighted by Gasteiger charge is 2.31. The molecule has 1 saturated heterocycles. The van der Waals surface area contributed by atoms with Crippen molar-refractivity contribution in [3.8, 4) is 0 Å². The van der Waals surface area contributed by atoms with Crippen LogP contribution in [0.4, 0.5) is 19.1 Å². The van der Waals surface area contributed by atoms with Crippen molar-refractivity contribution in [1.29, 1.82) is 0 Å². The lowest BCUT2D eigenvalue weighted by Crippen LogP contribution is -2.44. The predicted octanol–water partition coefficient (Wildman–Crippen LogP) is 1.75. The zero-order chi connectivity index (χ0) is 11.6. The van der Waals surface area contributed by atoms with Crippen molar-refractivity contribution in [2.75, 3.05) is 31.1 Å². The number of nitrogens with one attached hydrogen (secondary N) is 1. The van der Waals surface area contributed by atoms with Crippen LogP contribution in [-0.2, 0) is 6.18 Å². The molecule has 0 bridgehead atoms. The van der Waals surface area contributed by atoms with Crippen LogP contribution in [0, 0.1) is 0 Å². The Kier molecular flexibility index (Phi) is 6.66. The van der Waals surface area contributed by atoms with Gasteiger partial charge in [-0.25, -0.2) is 9.97 Å². The van der Waals surface area contributed by atoms with Crippen LogP contribution in [0.3, 0.4) is 0 Å². The summed E-state index contributed by atoms with van der Waals surface area (Å²) in [5, 5.41) is 3.14. The van der Waals surface area contributed by atoms with E-state index >= 15 is 0 Å². The summed E-state index contributed by atoms with van der Waals surface area (Å²) in [6, 6.07) is 0. The highest BCUT2D eigenvalue weighted by Crippen LogP contribution is 2.28. The van der Waals surface area contributed by atoms with Crippen LogP contribution >= 0.6 is 24.8 Å². The molecule has 1 aliphatic rings. The lowest BCUT2D eigenvalue weighted by molar-refractivity contribution is -0.138. The predicted molar refractivity (Wildman–Crippen MR) is 66.6 cm³/mol. The first-order chi connectivity index (χ1) is 7.57. The topological polar surface area (TPSA) is 41.1 Å². The Morgan fingerprint density at radius 1 is 1.06 bits per heavy atom. The second-order valence-electron chi connectivity index (χ2n) is 3.51. The Morgan fingerprint density at radius 3 is 2.00 bits per heavy atom. The molecule has 0 aromatic carbocycles.